The van der Waals surface area contributed by atoms with E-state index in [0.717, 1.165) is 55.2 Å². The van der Waals surface area contributed by atoms with Crippen molar-refractivity contribution < 1.29 is 9.59 Å². The summed E-state index contributed by atoms with van der Waals surface area (Å²) in [6, 6.07) is 6.22. The zero-order valence-electron chi connectivity index (χ0n) is 17.5. The lowest BCUT2D eigenvalue weighted by Gasteiger charge is -2.32. The number of likely N-dealkylation sites (tertiary alicyclic amines) is 1. The number of amides is 2. The van der Waals surface area contributed by atoms with Crippen LogP contribution in [0.25, 0.3) is 10.8 Å². The Morgan fingerprint density at radius 1 is 0.867 bits per heavy atom. The number of carbonyl (C=O) groups is 2. The molecule has 30 heavy (non-hydrogen) atoms. The second kappa shape index (κ2) is 8.25. The van der Waals surface area contributed by atoms with Crippen LogP contribution in [0.2, 0.25) is 0 Å². The number of anilines is 2. The van der Waals surface area contributed by atoms with Gasteiger partial charge in [0.1, 0.15) is 0 Å². The van der Waals surface area contributed by atoms with Crippen molar-refractivity contribution in [2.24, 2.45) is 11.8 Å². The van der Waals surface area contributed by atoms with Crippen LogP contribution in [0.1, 0.15) is 44.9 Å². The van der Waals surface area contributed by atoms with Gasteiger partial charge in [-0.05, 0) is 63.1 Å². The van der Waals surface area contributed by atoms with E-state index in [4.69, 9.17) is 0 Å². The third-order valence-corrected chi connectivity index (χ3v) is 6.85. The Bertz CT molecular complexity index is 941. The molecule has 1 aliphatic carbocycles. The molecule has 3 heterocycles. The van der Waals surface area contributed by atoms with Crippen molar-refractivity contribution >= 4 is 34.0 Å². The summed E-state index contributed by atoms with van der Waals surface area (Å²) in [4.78, 5) is 33.9. The predicted octanol–water partition coefficient (Wildman–Crippen LogP) is 3.81. The number of rotatable bonds is 4. The van der Waals surface area contributed by atoms with Crippen molar-refractivity contribution in [1.82, 2.24) is 9.88 Å². The number of nitrogens with one attached hydrogen (secondary N) is 1. The first-order valence-electron chi connectivity index (χ1n) is 11.4. The van der Waals surface area contributed by atoms with Gasteiger partial charge in [-0.25, -0.2) is 0 Å². The fourth-order valence-corrected chi connectivity index (χ4v) is 4.88. The third kappa shape index (κ3) is 3.87. The molecule has 0 spiro atoms. The summed E-state index contributed by atoms with van der Waals surface area (Å²) in [6.07, 6.45) is 11.0. The number of benzene rings is 1. The summed E-state index contributed by atoms with van der Waals surface area (Å²) in [5, 5.41) is 5.31. The van der Waals surface area contributed by atoms with E-state index < -0.39 is 0 Å². The van der Waals surface area contributed by atoms with Crippen LogP contribution in [0.4, 0.5) is 11.4 Å². The van der Waals surface area contributed by atoms with Gasteiger partial charge in [0.05, 0.1) is 5.69 Å². The van der Waals surface area contributed by atoms with Gasteiger partial charge in [0.15, 0.2) is 0 Å². The fourth-order valence-electron chi connectivity index (χ4n) is 4.88. The molecule has 2 aromatic rings. The molecule has 2 saturated heterocycles. The Hall–Kier alpha value is -2.63. The van der Waals surface area contributed by atoms with Gasteiger partial charge in [-0.1, -0.05) is 0 Å². The number of hydrogen-bond donors (Lipinski definition) is 1. The normalized spacial score (nSPS) is 20.4. The first-order chi connectivity index (χ1) is 14.7. The quantitative estimate of drug-likeness (QED) is 0.839. The zero-order chi connectivity index (χ0) is 20.5. The minimum atomic E-state index is -0.0401. The molecule has 0 radical (unpaired) electrons. The molecule has 0 atom stereocenters. The maximum atomic E-state index is 13.0. The summed E-state index contributed by atoms with van der Waals surface area (Å²) in [5.41, 5.74) is 2.07. The Morgan fingerprint density at radius 2 is 1.63 bits per heavy atom. The molecule has 158 valence electrons. The van der Waals surface area contributed by atoms with Gasteiger partial charge in [0.2, 0.25) is 11.8 Å². The summed E-state index contributed by atoms with van der Waals surface area (Å²) in [7, 11) is 0. The molecule has 6 heteroatoms. The Morgan fingerprint density at radius 3 is 2.37 bits per heavy atom. The average Bonchev–Trinajstić information content (AvgIpc) is 3.65. The Balaban J connectivity index is 1.29. The topological polar surface area (TPSA) is 65.5 Å². The van der Waals surface area contributed by atoms with Gasteiger partial charge in [-0.2, -0.15) is 0 Å². The van der Waals surface area contributed by atoms with Crippen LogP contribution in [-0.4, -0.2) is 47.9 Å². The molecule has 2 amide bonds. The van der Waals surface area contributed by atoms with Gasteiger partial charge in [0, 0.05) is 66.9 Å². The average molecular weight is 407 g/mol. The van der Waals surface area contributed by atoms with Crippen LogP contribution in [0.3, 0.4) is 0 Å². The molecule has 3 fully saturated rings. The molecule has 1 aromatic carbocycles. The highest BCUT2D eigenvalue weighted by Crippen LogP contribution is 2.35. The van der Waals surface area contributed by atoms with Crippen LogP contribution >= 0.6 is 0 Å². The van der Waals surface area contributed by atoms with Gasteiger partial charge >= 0.3 is 0 Å². The van der Waals surface area contributed by atoms with Crippen molar-refractivity contribution in [1.29, 1.82) is 0 Å². The first kappa shape index (κ1) is 19.3. The number of fused-ring (bicyclic) bond motifs is 1. The molecule has 5 rings (SSSR count). The highest BCUT2D eigenvalue weighted by molar-refractivity contribution is 6.06. The number of pyridine rings is 1. The van der Waals surface area contributed by atoms with Crippen molar-refractivity contribution in [2.45, 2.75) is 44.9 Å². The van der Waals surface area contributed by atoms with E-state index in [-0.39, 0.29) is 17.7 Å². The lowest BCUT2D eigenvalue weighted by molar-refractivity contribution is -0.135. The molecular formula is C24H30N4O2. The Kier molecular flexibility index (Phi) is 5.32. The smallest absolute Gasteiger partial charge is 0.227 e. The largest absolute Gasteiger partial charge is 0.371 e. The van der Waals surface area contributed by atoms with Gasteiger partial charge in [-0.15, -0.1) is 0 Å². The van der Waals surface area contributed by atoms with Crippen LogP contribution in [0, 0.1) is 11.8 Å². The number of carbonyl (C=O) groups excluding carboxylic acids is 2. The summed E-state index contributed by atoms with van der Waals surface area (Å²) in [5.74, 6) is 0.568. The molecule has 1 N–H and O–H groups in total. The molecular weight excluding hydrogens is 376 g/mol. The SMILES string of the molecule is O=C(Nc1ccc(N2CCCCC2)c2ccncc12)C1CCN(C(=O)C2CC2)CC1. The van der Waals surface area contributed by atoms with E-state index in [1.807, 2.05) is 23.4 Å². The van der Waals surface area contributed by atoms with Crippen molar-refractivity contribution in [3.8, 4) is 0 Å². The first-order valence-corrected chi connectivity index (χ1v) is 11.4. The molecule has 0 bridgehead atoms. The second-order valence-corrected chi connectivity index (χ2v) is 8.96. The highest BCUT2D eigenvalue weighted by atomic mass is 16.2. The van der Waals surface area contributed by atoms with E-state index in [9.17, 15) is 9.59 Å². The van der Waals surface area contributed by atoms with Crippen LogP contribution in [-0.2, 0) is 9.59 Å². The van der Waals surface area contributed by atoms with Gasteiger partial charge in [-0.3, -0.25) is 14.6 Å². The number of hydrogen-bond acceptors (Lipinski definition) is 4. The number of nitrogens with zero attached hydrogens (tertiary/aromatic N) is 3. The lowest BCUT2D eigenvalue weighted by Crippen LogP contribution is -2.42. The third-order valence-electron chi connectivity index (χ3n) is 6.85. The Labute approximate surface area is 177 Å². The van der Waals surface area contributed by atoms with Crippen LogP contribution in [0.15, 0.2) is 30.6 Å². The summed E-state index contributed by atoms with van der Waals surface area (Å²) in [6.45, 7) is 3.57. The van der Waals surface area contributed by atoms with Crippen LogP contribution in [0.5, 0.6) is 0 Å². The van der Waals surface area contributed by atoms with E-state index in [1.54, 1.807) is 0 Å². The molecule has 1 saturated carbocycles. The van der Waals surface area contributed by atoms with E-state index in [1.165, 1.54) is 24.9 Å². The number of aromatic nitrogens is 1. The maximum absolute atomic E-state index is 13.0. The lowest BCUT2D eigenvalue weighted by atomic mass is 9.95. The van der Waals surface area contributed by atoms with Crippen molar-refractivity contribution in [2.75, 3.05) is 36.4 Å². The molecule has 6 nitrogen and oxygen atoms in total. The summed E-state index contributed by atoms with van der Waals surface area (Å²) < 4.78 is 0. The minimum Gasteiger partial charge on any atom is -0.371 e. The second-order valence-electron chi connectivity index (χ2n) is 8.96. The fraction of sp³-hybridized carbons (Fsp3) is 0.542. The molecule has 3 aliphatic rings. The minimum absolute atomic E-state index is 0.0401. The van der Waals surface area contributed by atoms with E-state index in [0.29, 0.717) is 19.0 Å². The van der Waals surface area contributed by atoms with E-state index in [2.05, 4.69) is 27.3 Å². The molecule has 0 unspecified atom stereocenters. The summed E-state index contributed by atoms with van der Waals surface area (Å²) >= 11 is 0. The van der Waals surface area contributed by atoms with Crippen LogP contribution < -0.4 is 10.2 Å². The standard InChI is InChI=1S/C24H30N4O2/c29-23(17-9-14-28(15-10-17)24(30)18-4-5-18)26-21-6-7-22(27-12-2-1-3-13-27)19-8-11-25-16-20(19)21/h6-8,11,16-18H,1-5,9-10,12-15H2,(H,26,29). The molecule has 2 aliphatic heterocycles. The number of piperidine rings is 2. The van der Waals surface area contributed by atoms with Gasteiger partial charge < -0.3 is 15.1 Å². The van der Waals surface area contributed by atoms with Crippen molar-refractivity contribution in [3.63, 3.8) is 0 Å². The molecule has 1 aromatic heterocycles. The monoisotopic (exact) mass is 406 g/mol. The maximum Gasteiger partial charge on any atom is 0.227 e. The van der Waals surface area contributed by atoms with Gasteiger partial charge in [0.25, 0.3) is 0 Å². The zero-order valence-corrected chi connectivity index (χ0v) is 17.5. The van der Waals surface area contributed by atoms with Crippen molar-refractivity contribution in [3.05, 3.63) is 30.6 Å². The predicted molar refractivity (Wildman–Crippen MR) is 118 cm³/mol. The highest BCUT2D eigenvalue weighted by Gasteiger charge is 2.36. The van der Waals surface area contributed by atoms with E-state index >= 15 is 0 Å².